The number of hydrogen-bond acceptors (Lipinski definition) is 5. The predicted octanol–water partition coefficient (Wildman–Crippen LogP) is 3.88. The van der Waals surface area contributed by atoms with Gasteiger partial charge in [-0.1, -0.05) is 24.3 Å². The third kappa shape index (κ3) is 2.30. The van der Waals surface area contributed by atoms with Crippen molar-refractivity contribution >= 4 is 17.4 Å². The van der Waals surface area contributed by atoms with Crippen molar-refractivity contribution in [2.24, 2.45) is 0 Å². The lowest BCUT2D eigenvalue weighted by Crippen LogP contribution is -2.30. The number of aromatic amines is 1. The number of allylic oxidation sites excluding steroid dienone is 1. The molecule has 0 bridgehead atoms. The molecule has 0 saturated heterocycles. The number of thiazole rings is 1. The predicted molar refractivity (Wildman–Crippen MR) is 102 cm³/mol. The van der Waals surface area contributed by atoms with Gasteiger partial charge in [0, 0.05) is 54.1 Å². The molecule has 0 atom stereocenters. The highest BCUT2D eigenvalue weighted by atomic mass is 32.1. The molecular formula is C20H15N5S. The summed E-state index contributed by atoms with van der Waals surface area (Å²) in [6.45, 7) is 0. The first kappa shape index (κ1) is 15.2. The second-order valence-corrected chi connectivity index (χ2v) is 7.18. The third-order valence-electron chi connectivity index (χ3n) is 4.89. The van der Waals surface area contributed by atoms with E-state index >= 15 is 0 Å². The van der Waals surface area contributed by atoms with Crippen LogP contribution < -0.4 is 0 Å². The van der Waals surface area contributed by atoms with Gasteiger partial charge in [0.2, 0.25) is 0 Å². The average Bonchev–Trinajstić information content (AvgIpc) is 3.38. The molecule has 4 aromatic rings. The zero-order valence-corrected chi connectivity index (χ0v) is 14.6. The van der Waals surface area contributed by atoms with Crippen molar-refractivity contribution in [3.05, 3.63) is 89.2 Å². The first-order valence-electron chi connectivity index (χ1n) is 8.33. The second kappa shape index (κ2) is 6.00. The highest BCUT2D eigenvalue weighted by Gasteiger charge is 2.37. The zero-order chi connectivity index (χ0) is 17.4. The van der Waals surface area contributed by atoms with Crippen LogP contribution in [-0.2, 0) is 11.8 Å². The van der Waals surface area contributed by atoms with Gasteiger partial charge in [0.15, 0.2) is 0 Å². The number of rotatable bonds is 3. The van der Waals surface area contributed by atoms with E-state index in [1.807, 2.05) is 36.2 Å². The normalized spacial score (nSPS) is 14.9. The lowest BCUT2D eigenvalue weighted by molar-refractivity contribution is 0.615. The van der Waals surface area contributed by atoms with Crippen molar-refractivity contribution in [2.75, 3.05) is 0 Å². The minimum atomic E-state index is -0.312. The lowest BCUT2D eigenvalue weighted by atomic mass is 9.69. The largest absolute Gasteiger partial charge is 0.281 e. The molecule has 0 spiro atoms. The maximum Gasteiger partial charge on any atom is 0.111 e. The molecule has 6 heteroatoms. The molecule has 4 heterocycles. The monoisotopic (exact) mass is 357 g/mol. The van der Waals surface area contributed by atoms with Crippen molar-refractivity contribution in [2.45, 2.75) is 11.8 Å². The van der Waals surface area contributed by atoms with Crippen molar-refractivity contribution < 1.29 is 0 Å². The number of H-pyrrole nitrogens is 1. The van der Waals surface area contributed by atoms with E-state index in [2.05, 4.69) is 49.4 Å². The SMILES string of the molecule is C1=CC(c2cccnc2)(c2cccnc2)Cc2[nH]nc(-c3cncs3)c21. The Labute approximate surface area is 154 Å². The number of nitrogens with zero attached hydrogens (tertiary/aromatic N) is 4. The van der Waals surface area contributed by atoms with E-state index in [9.17, 15) is 0 Å². The van der Waals surface area contributed by atoms with Gasteiger partial charge in [0.05, 0.1) is 10.4 Å². The summed E-state index contributed by atoms with van der Waals surface area (Å²) in [5.74, 6) is 0. The molecule has 1 aliphatic rings. The van der Waals surface area contributed by atoms with Gasteiger partial charge in [-0.2, -0.15) is 5.10 Å². The van der Waals surface area contributed by atoms with Crippen LogP contribution in [0.1, 0.15) is 22.4 Å². The maximum atomic E-state index is 4.56. The van der Waals surface area contributed by atoms with Gasteiger partial charge in [0.25, 0.3) is 0 Å². The Morgan fingerprint density at radius 3 is 2.35 bits per heavy atom. The molecular weight excluding hydrogens is 342 g/mol. The summed E-state index contributed by atoms with van der Waals surface area (Å²) in [5.41, 5.74) is 7.02. The molecule has 26 heavy (non-hydrogen) atoms. The maximum absolute atomic E-state index is 4.56. The molecule has 0 aromatic carbocycles. The zero-order valence-electron chi connectivity index (χ0n) is 13.8. The fourth-order valence-electron chi connectivity index (χ4n) is 3.60. The summed E-state index contributed by atoms with van der Waals surface area (Å²) in [7, 11) is 0. The molecule has 126 valence electrons. The molecule has 0 radical (unpaired) electrons. The van der Waals surface area contributed by atoms with E-state index in [1.54, 1.807) is 23.7 Å². The first-order chi connectivity index (χ1) is 12.9. The minimum Gasteiger partial charge on any atom is -0.281 e. The van der Waals surface area contributed by atoms with Crippen LogP contribution in [0.15, 0.2) is 66.8 Å². The molecule has 0 saturated carbocycles. The van der Waals surface area contributed by atoms with Crippen molar-refractivity contribution in [1.82, 2.24) is 25.1 Å². The number of pyridine rings is 2. The van der Waals surface area contributed by atoms with Gasteiger partial charge < -0.3 is 0 Å². The van der Waals surface area contributed by atoms with E-state index in [0.717, 1.165) is 39.4 Å². The quantitative estimate of drug-likeness (QED) is 0.604. The second-order valence-electron chi connectivity index (χ2n) is 6.29. The van der Waals surface area contributed by atoms with Gasteiger partial charge in [-0.3, -0.25) is 20.1 Å². The number of hydrogen-bond donors (Lipinski definition) is 1. The summed E-state index contributed by atoms with van der Waals surface area (Å²) < 4.78 is 0. The fraction of sp³-hybridized carbons (Fsp3) is 0.100. The standard InChI is InChI=1S/C20H15N5S/c1-3-14(10-21-7-1)20(15-4-2-8-22-11-15)6-5-16-17(9-20)24-25-19(16)18-12-23-13-26-18/h1-8,10-13H,9H2,(H,24,25). The Balaban J connectivity index is 1.67. The molecule has 1 aliphatic carbocycles. The summed E-state index contributed by atoms with van der Waals surface area (Å²) in [6, 6.07) is 8.20. The van der Waals surface area contributed by atoms with Crippen LogP contribution in [-0.4, -0.2) is 25.1 Å². The van der Waals surface area contributed by atoms with Crippen LogP contribution in [0.4, 0.5) is 0 Å². The molecule has 0 amide bonds. The Bertz CT molecular complexity index is 1010. The van der Waals surface area contributed by atoms with Gasteiger partial charge in [-0.15, -0.1) is 11.3 Å². The van der Waals surface area contributed by atoms with E-state index in [0.29, 0.717) is 0 Å². The van der Waals surface area contributed by atoms with E-state index in [-0.39, 0.29) is 5.41 Å². The van der Waals surface area contributed by atoms with Crippen molar-refractivity contribution in [1.29, 1.82) is 0 Å². The smallest absolute Gasteiger partial charge is 0.111 e. The van der Waals surface area contributed by atoms with Gasteiger partial charge >= 0.3 is 0 Å². The van der Waals surface area contributed by atoms with Crippen molar-refractivity contribution in [3.63, 3.8) is 0 Å². The van der Waals surface area contributed by atoms with Gasteiger partial charge in [-0.25, -0.2) is 0 Å². The summed E-state index contributed by atoms with van der Waals surface area (Å²) >= 11 is 1.60. The van der Waals surface area contributed by atoms with Crippen LogP contribution >= 0.6 is 11.3 Å². The fourth-order valence-corrected chi connectivity index (χ4v) is 4.23. The molecule has 0 unspecified atom stereocenters. The van der Waals surface area contributed by atoms with Crippen LogP contribution in [0.25, 0.3) is 16.6 Å². The number of aromatic nitrogens is 5. The Morgan fingerprint density at radius 2 is 1.73 bits per heavy atom. The Kier molecular flexibility index (Phi) is 3.50. The van der Waals surface area contributed by atoms with Crippen LogP contribution in [0.3, 0.4) is 0 Å². The summed E-state index contributed by atoms with van der Waals surface area (Å²) in [4.78, 5) is 13.9. The van der Waals surface area contributed by atoms with Crippen molar-refractivity contribution in [3.8, 4) is 10.6 Å². The van der Waals surface area contributed by atoms with Crippen LogP contribution in [0, 0.1) is 0 Å². The molecule has 0 aliphatic heterocycles. The van der Waals surface area contributed by atoms with E-state index in [4.69, 9.17) is 0 Å². The average molecular weight is 357 g/mol. The highest BCUT2D eigenvalue weighted by Crippen LogP contribution is 2.42. The topological polar surface area (TPSA) is 67.3 Å². The first-order valence-corrected chi connectivity index (χ1v) is 9.21. The van der Waals surface area contributed by atoms with Gasteiger partial charge in [0.1, 0.15) is 5.69 Å². The van der Waals surface area contributed by atoms with E-state index < -0.39 is 0 Å². The number of nitrogens with one attached hydrogen (secondary N) is 1. The minimum absolute atomic E-state index is 0.312. The highest BCUT2D eigenvalue weighted by molar-refractivity contribution is 7.13. The number of fused-ring (bicyclic) bond motifs is 1. The Hall–Kier alpha value is -3.12. The lowest BCUT2D eigenvalue weighted by Gasteiger charge is -2.33. The molecule has 5 rings (SSSR count). The third-order valence-corrected chi connectivity index (χ3v) is 5.67. The molecule has 4 aromatic heterocycles. The summed E-state index contributed by atoms with van der Waals surface area (Å²) in [5, 5.41) is 7.80. The van der Waals surface area contributed by atoms with E-state index in [1.165, 1.54) is 0 Å². The van der Waals surface area contributed by atoms with Crippen LogP contribution in [0.2, 0.25) is 0 Å². The molecule has 0 fully saturated rings. The van der Waals surface area contributed by atoms with Crippen LogP contribution in [0.5, 0.6) is 0 Å². The summed E-state index contributed by atoms with van der Waals surface area (Å²) in [6.07, 6.45) is 14.5. The van der Waals surface area contributed by atoms with Gasteiger partial charge in [-0.05, 0) is 23.3 Å². The molecule has 1 N–H and O–H groups in total. The molecule has 5 nitrogen and oxygen atoms in total. The Morgan fingerprint density at radius 1 is 0.962 bits per heavy atom.